The maximum absolute atomic E-state index is 13.1. The van der Waals surface area contributed by atoms with Crippen LogP contribution < -0.4 is 11.1 Å². The number of benzene rings is 1. The van der Waals surface area contributed by atoms with Crippen LogP contribution >= 0.6 is 0 Å². The fourth-order valence-corrected chi connectivity index (χ4v) is 3.10. The van der Waals surface area contributed by atoms with E-state index >= 15 is 0 Å². The molecule has 1 aromatic rings. The van der Waals surface area contributed by atoms with Crippen LogP contribution in [0, 0.1) is 11.7 Å². The molecule has 1 aliphatic carbocycles. The van der Waals surface area contributed by atoms with Gasteiger partial charge in [0.1, 0.15) is 5.82 Å². The molecule has 1 saturated carbocycles. The second-order valence-electron chi connectivity index (χ2n) is 6.48. The van der Waals surface area contributed by atoms with E-state index in [-0.39, 0.29) is 23.1 Å². The molecule has 116 valence electrons. The van der Waals surface area contributed by atoms with Crippen LogP contribution in [0.1, 0.15) is 45.1 Å². The van der Waals surface area contributed by atoms with Crippen LogP contribution in [-0.2, 0) is 10.2 Å². The SMILES string of the molecule is CC(C)[C@H](N)C(=O)NCC1(c2ccc(F)cc2)CCCC1. The largest absolute Gasteiger partial charge is 0.354 e. The fourth-order valence-electron chi connectivity index (χ4n) is 3.10. The molecule has 0 spiro atoms. The summed E-state index contributed by atoms with van der Waals surface area (Å²) in [7, 11) is 0. The van der Waals surface area contributed by atoms with Gasteiger partial charge in [0.25, 0.3) is 0 Å². The Kier molecular flexibility index (Phi) is 4.99. The third kappa shape index (κ3) is 3.62. The van der Waals surface area contributed by atoms with Gasteiger partial charge in [-0.25, -0.2) is 4.39 Å². The highest BCUT2D eigenvalue weighted by molar-refractivity contribution is 5.81. The summed E-state index contributed by atoms with van der Waals surface area (Å²) in [5, 5.41) is 3.00. The van der Waals surface area contributed by atoms with Crippen LogP contribution in [0.5, 0.6) is 0 Å². The summed E-state index contributed by atoms with van der Waals surface area (Å²) in [6.45, 7) is 4.46. The Morgan fingerprint density at radius 2 is 1.86 bits per heavy atom. The van der Waals surface area contributed by atoms with Gasteiger partial charge in [0.05, 0.1) is 6.04 Å². The van der Waals surface area contributed by atoms with Crippen LogP contribution in [-0.4, -0.2) is 18.5 Å². The summed E-state index contributed by atoms with van der Waals surface area (Å²) in [6, 6.07) is 6.20. The van der Waals surface area contributed by atoms with Gasteiger partial charge in [-0.2, -0.15) is 0 Å². The second kappa shape index (κ2) is 6.56. The predicted molar refractivity (Wildman–Crippen MR) is 82.4 cm³/mol. The molecule has 4 heteroatoms. The lowest BCUT2D eigenvalue weighted by atomic mass is 9.78. The third-order valence-corrected chi connectivity index (χ3v) is 4.64. The molecule has 1 fully saturated rings. The molecule has 1 aliphatic rings. The highest BCUT2D eigenvalue weighted by atomic mass is 19.1. The van der Waals surface area contributed by atoms with Gasteiger partial charge in [0.15, 0.2) is 0 Å². The van der Waals surface area contributed by atoms with Crippen LogP contribution in [0.25, 0.3) is 0 Å². The number of carbonyl (C=O) groups is 1. The van der Waals surface area contributed by atoms with Crippen molar-refractivity contribution < 1.29 is 9.18 Å². The Hall–Kier alpha value is -1.42. The summed E-state index contributed by atoms with van der Waals surface area (Å²) >= 11 is 0. The van der Waals surface area contributed by atoms with Crippen LogP contribution in [0.15, 0.2) is 24.3 Å². The monoisotopic (exact) mass is 292 g/mol. The zero-order valence-corrected chi connectivity index (χ0v) is 12.9. The van der Waals surface area contributed by atoms with E-state index in [9.17, 15) is 9.18 Å². The Morgan fingerprint density at radius 3 is 2.38 bits per heavy atom. The average Bonchev–Trinajstić information content (AvgIpc) is 2.94. The minimum atomic E-state index is -0.475. The molecule has 0 aromatic heterocycles. The number of amides is 1. The number of hydrogen-bond acceptors (Lipinski definition) is 2. The topological polar surface area (TPSA) is 55.1 Å². The summed E-state index contributed by atoms with van der Waals surface area (Å²) in [5.41, 5.74) is 6.93. The molecular weight excluding hydrogens is 267 g/mol. The first-order chi connectivity index (χ1) is 9.94. The molecule has 1 atom stereocenters. The number of nitrogens with one attached hydrogen (secondary N) is 1. The van der Waals surface area contributed by atoms with Crippen LogP contribution in [0.4, 0.5) is 4.39 Å². The van der Waals surface area contributed by atoms with Crippen molar-refractivity contribution in [3.63, 3.8) is 0 Å². The van der Waals surface area contributed by atoms with Crippen molar-refractivity contribution in [1.29, 1.82) is 0 Å². The molecule has 0 heterocycles. The molecule has 0 saturated heterocycles. The lowest BCUT2D eigenvalue weighted by Crippen LogP contribution is -2.48. The zero-order valence-electron chi connectivity index (χ0n) is 12.9. The highest BCUT2D eigenvalue weighted by Crippen LogP contribution is 2.40. The van der Waals surface area contributed by atoms with Gasteiger partial charge in [-0.05, 0) is 36.5 Å². The van der Waals surface area contributed by atoms with Crippen molar-refractivity contribution in [2.45, 2.75) is 51.0 Å². The first kappa shape index (κ1) is 16.0. The van der Waals surface area contributed by atoms with Crippen molar-refractivity contribution >= 4 is 5.91 Å². The van der Waals surface area contributed by atoms with Gasteiger partial charge >= 0.3 is 0 Å². The summed E-state index contributed by atoms with van der Waals surface area (Å²) < 4.78 is 13.1. The standard InChI is InChI=1S/C17H25FN2O/c1-12(2)15(19)16(21)20-11-17(9-3-4-10-17)13-5-7-14(18)8-6-13/h5-8,12,15H,3-4,9-11,19H2,1-2H3,(H,20,21)/t15-/m0/s1. The van der Waals surface area contributed by atoms with E-state index < -0.39 is 6.04 Å². The van der Waals surface area contributed by atoms with Gasteiger partial charge in [-0.15, -0.1) is 0 Å². The third-order valence-electron chi connectivity index (χ3n) is 4.64. The Morgan fingerprint density at radius 1 is 1.29 bits per heavy atom. The molecule has 1 amide bonds. The molecule has 21 heavy (non-hydrogen) atoms. The first-order valence-electron chi connectivity index (χ1n) is 7.74. The number of hydrogen-bond donors (Lipinski definition) is 2. The lowest BCUT2D eigenvalue weighted by Gasteiger charge is -2.31. The molecule has 1 aromatic carbocycles. The van der Waals surface area contributed by atoms with Gasteiger partial charge in [0.2, 0.25) is 5.91 Å². The van der Waals surface area contributed by atoms with Crippen molar-refractivity contribution in [3.05, 3.63) is 35.6 Å². The smallest absolute Gasteiger partial charge is 0.237 e. The van der Waals surface area contributed by atoms with Gasteiger partial charge < -0.3 is 11.1 Å². The van der Waals surface area contributed by atoms with E-state index in [0.717, 1.165) is 31.2 Å². The van der Waals surface area contributed by atoms with E-state index in [1.807, 2.05) is 26.0 Å². The lowest BCUT2D eigenvalue weighted by molar-refractivity contribution is -0.123. The van der Waals surface area contributed by atoms with Gasteiger partial charge in [-0.3, -0.25) is 4.79 Å². The van der Waals surface area contributed by atoms with Gasteiger partial charge in [-0.1, -0.05) is 38.8 Å². The van der Waals surface area contributed by atoms with Crippen LogP contribution in [0.3, 0.4) is 0 Å². The van der Waals surface area contributed by atoms with E-state index in [2.05, 4.69) is 5.32 Å². The predicted octanol–water partition coefficient (Wildman–Crippen LogP) is 2.74. The molecule has 2 rings (SSSR count). The van der Waals surface area contributed by atoms with E-state index in [1.165, 1.54) is 12.1 Å². The van der Waals surface area contributed by atoms with Crippen molar-refractivity contribution in [2.24, 2.45) is 11.7 Å². The minimum absolute atomic E-state index is 0.0694. The maximum atomic E-state index is 13.1. The Labute approximate surface area is 126 Å². The van der Waals surface area contributed by atoms with E-state index in [1.54, 1.807) is 0 Å². The van der Waals surface area contributed by atoms with E-state index in [0.29, 0.717) is 6.54 Å². The zero-order chi connectivity index (χ0) is 15.5. The van der Waals surface area contributed by atoms with Crippen molar-refractivity contribution in [2.75, 3.05) is 6.54 Å². The molecule has 0 radical (unpaired) electrons. The molecule has 3 N–H and O–H groups in total. The van der Waals surface area contributed by atoms with Crippen molar-refractivity contribution in [1.82, 2.24) is 5.32 Å². The molecule has 0 bridgehead atoms. The maximum Gasteiger partial charge on any atom is 0.237 e. The second-order valence-corrected chi connectivity index (χ2v) is 6.48. The number of halogens is 1. The normalized spacial score (nSPS) is 18.7. The van der Waals surface area contributed by atoms with Crippen LogP contribution in [0.2, 0.25) is 0 Å². The molecule has 0 unspecified atom stereocenters. The quantitative estimate of drug-likeness (QED) is 0.876. The highest BCUT2D eigenvalue weighted by Gasteiger charge is 2.36. The first-order valence-corrected chi connectivity index (χ1v) is 7.74. The number of carbonyl (C=O) groups excluding carboxylic acids is 1. The summed E-state index contributed by atoms with van der Waals surface area (Å²) in [6.07, 6.45) is 4.33. The minimum Gasteiger partial charge on any atom is -0.354 e. The number of nitrogens with two attached hydrogens (primary N) is 1. The molecular formula is C17H25FN2O. The average molecular weight is 292 g/mol. The molecule has 3 nitrogen and oxygen atoms in total. The van der Waals surface area contributed by atoms with Gasteiger partial charge in [0, 0.05) is 12.0 Å². The van der Waals surface area contributed by atoms with Crippen molar-refractivity contribution in [3.8, 4) is 0 Å². The molecule has 0 aliphatic heterocycles. The Balaban J connectivity index is 2.09. The number of rotatable bonds is 5. The summed E-state index contributed by atoms with van der Waals surface area (Å²) in [5.74, 6) is -0.202. The van der Waals surface area contributed by atoms with E-state index in [4.69, 9.17) is 5.73 Å². The summed E-state index contributed by atoms with van der Waals surface area (Å²) in [4.78, 5) is 12.1. The Bertz CT molecular complexity index is 478. The fraction of sp³-hybridized carbons (Fsp3) is 0.588.